The van der Waals surface area contributed by atoms with Crippen LogP contribution in [0.15, 0.2) is 18.2 Å². The fourth-order valence-corrected chi connectivity index (χ4v) is 3.40. The van der Waals surface area contributed by atoms with E-state index in [2.05, 4.69) is 5.32 Å². The van der Waals surface area contributed by atoms with Gasteiger partial charge in [0.2, 0.25) is 17.7 Å². The number of carbonyl (C=O) groups excluding carboxylic acids is 4. The maximum absolute atomic E-state index is 14.8. The van der Waals surface area contributed by atoms with Gasteiger partial charge >= 0.3 is 6.09 Å². The molecule has 1 N–H and O–H groups in total. The largest absolute Gasteiger partial charge is 0.442 e. The Hall–Kier alpha value is -3.37. The minimum Gasteiger partial charge on any atom is -0.442 e. The summed E-state index contributed by atoms with van der Waals surface area (Å²) in [5.74, 6) is -1.23. The lowest BCUT2D eigenvalue weighted by Gasteiger charge is -2.35. The van der Waals surface area contributed by atoms with Crippen molar-refractivity contribution in [1.29, 1.82) is 0 Å². The highest BCUT2D eigenvalue weighted by atomic mass is 19.1. The molecule has 2 heterocycles. The number of nitrogens with zero attached hydrogens (tertiary/aromatic N) is 4. The first-order chi connectivity index (χ1) is 14.7. The van der Waals surface area contributed by atoms with Crippen molar-refractivity contribution in [2.75, 3.05) is 63.2 Å². The molecule has 0 aromatic heterocycles. The number of anilines is 2. The minimum atomic E-state index is -0.614. The Morgan fingerprint density at radius 2 is 2.00 bits per heavy atom. The summed E-state index contributed by atoms with van der Waals surface area (Å²) < 4.78 is 20.0. The number of rotatable bonds is 6. The van der Waals surface area contributed by atoms with E-state index in [1.165, 1.54) is 33.8 Å². The van der Waals surface area contributed by atoms with Crippen LogP contribution < -0.4 is 15.1 Å². The summed E-state index contributed by atoms with van der Waals surface area (Å²) in [5, 5.41) is 2.59. The van der Waals surface area contributed by atoms with Gasteiger partial charge in [0.15, 0.2) is 0 Å². The van der Waals surface area contributed by atoms with Crippen LogP contribution in [0.1, 0.15) is 6.92 Å². The summed E-state index contributed by atoms with van der Waals surface area (Å²) in [4.78, 5) is 53.2. The van der Waals surface area contributed by atoms with Crippen LogP contribution in [0.5, 0.6) is 0 Å². The van der Waals surface area contributed by atoms with Gasteiger partial charge in [0.1, 0.15) is 11.9 Å². The molecule has 3 rings (SSSR count). The molecular weight excluding hydrogens is 409 g/mol. The zero-order chi connectivity index (χ0) is 22.7. The van der Waals surface area contributed by atoms with E-state index < -0.39 is 18.0 Å². The number of nitrogens with one attached hydrogen (secondary N) is 1. The van der Waals surface area contributed by atoms with Crippen LogP contribution in [0.4, 0.5) is 20.6 Å². The predicted molar refractivity (Wildman–Crippen MR) is 110 cm³/mol. The van der Waals surface area contributed by atoms with Crippen molar-refractivity contribution < 1.29 is 28.3 Å². The number of carbonyl (C=O) groups is 4. The van der Waals surface area contributed by atoms with E-state index in [0.717, 1.165) is 0 Å². The van der Waals surface area contributed by atoms with Crippen molar-refractivity contribution in [1.82, 2.24) is 15.1 Å². The van der Waals surface area contributed by atoms with Crippen LogP contribution in [0.25, 0.3) is 0 Å². The van der Waals surface area contributed by atoms with Crippen molar-refractivity contribution in [2.24, 2.45) is 0 Å². The molecule has 1 aromatic carbocycles. The average Bonchev–Trinajstić information content (AvgIpc) is 3.08. The van der Waals surface area contributed by atoms with Gasteiger partial charge in [0.05, 0.1) is 37.6 Å². The second kappa shape index (κ2) is 9.19. The first-order valence-electron chi connectivity index (χ1n) is 9.90. The molecule has 10 nitrogen and oxygen atoms in total. The molecular formula is C20H26FN5O5. The van der Waals surface area contributed by atoms with Gasteiger partial charge in [0.25, 0.3) is 0 Å². The average molecular weight is 435 g/mol. The molecule has 0 bridgehead atoms. The molecule has 0 radical (unpaired) electrons. The van der Waals surface area contributed by atoms with Crippen LogP contribution >= 0.6 is 0 Å². The molecule has 0 saturated carbocycles. The number of hydrogen-bond acceptors (Lipinski definition) is 6. The van der Waals surface area contributed by atoms with E-state index in [1.54, 1.807) is 25.1 Å². The third-order valence-electron chi connectivity index (χ3n) is 5.18. The molecule has 0 unspecified atom stereocenters. The lowest BCUT2D eigenvalue weighted by molar-refractivity contribution is -0.139. The van der Waals surface area contributed by atoms with Crippen LogP contribution in [0.3, 0.4) is 0 Å². The van der Waals surface area contributed by atoms with Crippen LogP contribution in [-0.4, -0.2) is 93.1 Å². The van der Waals surface area contributed by atoms with Crippen LogP contribution in [-0.2, 0) is 19.1 Å². The van der Waals surface area contributed by atoms with Crippen molar-refractivity contribution in [2.45, 2.75) is 13.0 Å². The molecule has 2 saturated heterocycles. The third kappa shape index (κ3) is 5.22. The quantitative estimate of drug-likeness (QED) is 0.676. The molecule has 4 amide bonds. The zero-order valence-electron chi connectivity index (χ0n) is 17.8. The molecule has 31 heavy (non-hydrogen) atoms. The van der Waals surface area contributed by atoms with Crippen LogP contribution in [0, 0.1) is 5.82 Å². The molecule has 0 spiro atoms. The van der Waals surface area contributed by atoms with Gasteiger partial charge in [-0.25, -0.2) is 9.18 Å². The maximum atomic E-state index is 14.8. The predicted octanol–water partition coefficient (Wildman–Crippen LogP) is 0.0238. The number of cyclic esters (lactones) is 1. The fourth-order valence-electron chi connectivity index (χ4n) is 3.40. The maximum Gasteiger partial charge on any atom is 0.414 e. The second-order valence-electron chi connectivity index (χ2n) is 7.71. The summed E-state index contributed by atoms with van der Waals surface area (Å²) in [5.41, 5.74) is 0.580. The first kappa shape index (κ1) is 22.3. The van der Waals surface area contributed by atoms with Gasteiger partial charge in [-0.3, -0.25) is 19.3 Å². The molecule has 2 aliphatic heterocycles. The topological polar surface area (TPSA) is 103 Å². The van der Waals surface area contributed by atoms with E-state index in [1.807, 2.05) is 0 Å². The molecule has 0 aliphatic carbocycles. The molecule has 2 fully saturated rings. The second-order valence-corrected chi connectivity index (χ2v) is 7.71. The van der Waals surface area contributed by atoms with E-state index in [9.17, 15) is 23.6 Å². The van der Waals surface area contributed by atoms with Gasteiger partial charge in [0, 0.05) is 34.1 Å². The zero-order valence-corrected chi connectivity index (χ0v) is 17.8. The minimum absolute atomic E-state index is 0.00217. The van der Waals surface area contributed by atoms with Crippen molar-refractivity contribution in [3.63, 3.8) is 0 Å². The number of hydrogen-bond donors (Lipinski definition) is 1. The Morgan fingerprint density at radius 1 is 1.26 bits per heavy atom. The number of amides is 4. The Balaban J connectivity index is 1.64. The number of benzene rings is 1. The Kier molecular flexibility index (Phi) is 6.62. The van der Waals surface area contributed by atoms with Gasteiger partial charge in [-0.2, -0.15) is 0 Å². The Bertz CT molecular complexity index is 893. The summed E-state index contributed by atoms with van der Waals surface area (Å²) in [6.45, 7) is 2.39. The Morgan fingerprint density at radius 3 is 2.61 bits per heavy atom. The summed E-state index contributed by atoms with van der Waals surface area (Å²) in [6.07, 6.45) is -1.13. The summed E-state index contributed by atoms with van der Waals surface area (Å²) >= 11 is 0. The summed E-state index contributed by atoms with van der Waals surface area (Å²) in [7, 11) is 3.25. The van der Waals surface area contributed by atoms with Gasteiger partial charge < -0.3 is 24.8 Å². The lowest BCUT2D eigenvalue weighted by atomic mass is 10.2. The highest BCUT2D eigenvalue weighted by Crippen LogP contribution is 2.28. The molecule has 11 heteroatoms. The molecule has 2 aliphatic rings. The SMILES string of the molecule is CC(=O)NC[C@H]1CN(c2ccc(N3CCN(CC(=O)N(C)C)C(=O)C3)c(F)c2)C(=O)O1. The van der Waals surface area contributed by atoms with Gasteiger partial charge in [-0.1, -0.05) is 0 Å². The number of piperazine rings is 1. The Labute approximate surface area is 179 Å². The van der Waals surface area contributed by atoms with Gasteiger partial charge in [-0.05, 0) is 18.2 Å². The van der Waals surface area contributed by atoms with Crippen molar-refractivity contribution >= 4 is 35.2 Å². The first-order valence-corrected chi connectivity index (χ1v) is 9.90. The highest BCUT2D eigenvalue weighted by Gasteiger charge is 2.33. The number of halogens is 1. The van der Waals surface area contributed by atoms with Gasteiger partial charge in [-0.15, -0.1) is 0 Å². The summed E-state index contributed by atoms with van der Waals surface area (Å²) in [6, 6.07) is 4.34. The number of likely N-dealkylation sites (N-methyl/N-ethyl adjacent to an activating group) is 1. The lowest BCUT2D eigenvalue weighted by Crippen LogP contribution is -2.53. The van der Waals surface area contributed by atoms with E-state index >= 15 is 0 Å². The van der Waals surface area contributed by atoms with E-state index in [0.29, 0.717) is 18.8 Å². The smallest absolute Gasteiger partial charge is 0.414 e. The van der Waals surface area contributed by atoms with Crippen molar-refractivity contribution in [3.8, 4) is 0 Å². The highest BCUT2D eigenvalue weighted by molar-refractivity contribution is 5.91. The fraction of sp³-hybridized carbons (Fsp3) is 0.500. The molecule has 1 atom stereocenters. The molecule has 1 aromatic rings. The number of ether oxygens (including phenoxy) is 1. The van der Waals surface area contributed by atoms with E-state index in [4.69, 9.17) is 4.74 Å². The standard InChI is InChI=1S/C20H26FN5O5/c1-13(27)22-9-15-10-26(20(30)31-15)14-4-5-17(16(21)8-14)24-6-7-25(19(29)12-24)11-18(28)23(2)3/h4-5,8,15H,6-7,9-12H2,1-3H3,(H,22,27)/t15-/m0/s1. The van der Waals surface area contributed by atoms with Crippen LogP contribution in [0.2, 0.25) is 0 Å². The van der Waals surface area contributed by atoms with Crippen molar-refractivity contribution in [3.05, 3.63) is 24.0 Å². The van der Waals surface area contributed by atoms with E-state index in [-0.39, 0.29) is 49.6 Å². The molecule has 168 valence electrons. The normalized spacial score (nSPS) is 18.8. The monoisotopic (exact) mass is 435 g/mol. The third-order valence-corrected chi connectivity index (χ3v) is 5.18.